The van der Waals surface area contributed by atoms with Crippen molar-refractivity contribution in [2.45, 2.75) is 38.8 Å². The SMILES string of the molecule is Cc1[nH]nc2c1C=C(c1nnc(NCc3ccccc3)c(N3CCN[C@@H](Cc4ccccc4)C3)n1)CC2. The van der Waals surface area contributed by atoms with E-state index in [0.29, 0.717) is 18.4 Å². The van der Waals surface area contributed by atoms with Crippen LogP contribution in [0.3, 0.4) is 0 Å². The van der Waals surface area contributed by atoms with Gasteiger partial charge in [0.25, 0.3) is 0 Å². The summed E-state index contributed by atoms with van der Waals surface area (Å²) in [6, 6.07) is 21.4. The number of anilines is 2. The van der Waals surface area contributed by atoms with Crippen LogP contribution in [-0.2, 0) is 19.4 Å². The molecular weight excluding hydrogens is 460 g/mol. The lowest BCUT2D eigenvalue weighted by molar-refractivity contribution is 0.452. The number of aryl methyl sites for hydroxylation is 2. The number of fused-ring (bicyclic) bond motifs is 1. The third-order valence-corrected chi connectivity index (χ3v) is 7.16. The van der Waals surface area contributed by atoms with Crippen molar-refractivity contribution in [1.29, 1.82) is 0 Å². The Morgan fingerprint density at radius 1 is 0.973 bits per heavy atom. The Kier molecular flexibility index (Phi) is 6.64. The normalized spacial score (nSPS) is 17.3. The molecule has 0 spiro atoms. The number of aromatic amines is 1. The molecule has 8 nitrogen and oxygen atoms in total. The molecule has 1 aliphatic heterocycles. The molecule has 0 unspecified atom stereocenters. The van der Waals surface area contributed by atoms with Crippen LogP contribution in [0.1, 0.15) is 40.3 Å². The molecule has 2 aromatic heterocycles. The first-order valence-corrected chi connectivity index (χ1v) is 13.0. The molecule has 0 bridgehead atoms. The summed E-state index contributed by atoms with van der Waals surface area (Å²) in [7, 11) is 0. The van der Waals surface area contributed by atoms with Gasteiger partial charge in [0.2, 0.25) is 0 Å². The molecule has 1 fully saturated rings. The fourth-order valence-corrected chi connectivity index (χ4v) is 5.17. The number of rotatable bonds is 7. The predicted octanol–water partition coefficient (Wildman–Crippen LogP) is 4.02. The first-order chi connectivity index (χ1) is 18.2. The van der Waals surface area contributed by atoms with E-state index < -0.39 is 0 Å². The van der Waals surface area contributed by atoms with Crippen LogP contribution < -0.4 is 15.5 Å². The number of benzene rings is 2. The van der Waals surface area contributed by atoms with Gasteiger partial charge in [-0.2, -0.15) is 5.10 Å². The Morgan fingerprint density at radius 2 is 1.76 bits per heavy atom. The zero-order chi connectivity index (χ0) is 25.0. The van der Waals surface area contributed by atoms with Gasteiger partial charge >= 0.3 is 0 Å². The van der Waals surface area contributed by atoms with E-state index in [4.69, 9.17) is 4.98 Å². The minimum absolute atomic E-state index is 0.335. The molecule has 1 aliphatic carbocycles. The molecule has 3 heterocycles. The minimum atomic E-state index is 0.335. The Labute approximate surface area is 217 Å². The van der Waals surface area contributed by atoms with Gasteiger partial charge in [-0.15, -0.1) is 10.2 Å². The van der Waals surface area contributed by atoms with E-state index in [9.17, 15) is 0 Å². The van der Waals surface area contributed by atoms with Crippen LogP contribution in [0.4, 0.5) is 11.6 Å². The van der Waals surface area contributed by atoms with Crippen LogP contribution >= 0.6 is 0 Å². The van der Waals surface area contributed by atoms with Crippen molar-refractivity contribution in [2.75, 3.05) is 29.9 Å². The van der Waals surface area contributed by atoms with Crippen LogP contribution in [0.25, 0.3) is 11.6 Å². The van der Waals surface area contributed by atoms with Crippen molar-refractivity contribution in [1.82, 2.24) is 30.7 Å². The highest BCUT2D eigenvalue weighted by Gasteiger charge is 2.26. The fourth-order valence-electron chi connectivity index (χ4n) is 5.17. The summed E-state index contributed by atoms with van der Waals surface area (Å²) in [6.07, 6.45) is 4.88. The van der Waals surface area contributed by atoms with Gasteiger partial charge in [-0.3, -0.25) is 5.10 Å². The molecule has 6 rings (SSSR count). The lowest BCUT2D eigenvalue weighted by Gasteiger charge is -2.35. The molecule has 0 saturated carbocycles. The van der Waals surface area contributed by atoms with E-state index in [-0.39, 0.29) is 0 Å². The second kappa shape index (κ2) is 10.5. The first kappa shape index (κ1) is 23.4. The largest absolute Gasteiger partial charge is 0.361 e. The summed E-state index contributed by atoms with van der Waals surface area (Å²) in [6.45, 7) is 5.35. The zero-order valence-electron chi connectivity index (χ0n) is 21.1. The number of aromatic nitrogens is 5. The smallest absolute Gasteiger partial charge is 0.192 e. The van der Waals surface area contributed by atoms with Gasteiger partial charge < -0.3 is 15.5 Å². The maximum atomic E-state index is 5.12. The summed E-state index contributed by atoms with van der Waals surface area (Å²) < 4.78 is 0. The van der Waals surface area contributed by atoms with E-state index in [1.165, 1.54) is 11.1 Å². The van der Waals surface area contributed by atoms with Gasteiger partial charge in [0.1, 0.15) is 0 Å². The molecule has 4 aromatic rings. The third kappa shape index (κ3) is 5.24. The van der Waals surface area contributed by atoms with Gasteiger partial charge in [-0.25, -0.2) is 4.98 Å². The topological polar surface area (TPSA) is 94.6 Å². The van der Waals surface area contributed by atoms with Gasteiger partial charge in [0, 0.05) is 43.5 Å². The maximum absolute atomic E-state index is 5.12. The molecule has 0 radical (unpaired) electrons. The number of hydrogen-bond donors (Lipinski definition) is 3. The van der Waals surface area contributed by atoms with Gasteiger partial charge in [-0.05, 0) is 49.0 Å². The van der Waals surface area contributed by atoms with E-state index in [0.717, 1.165) is 73.1 Å². The molecule has 3 N–H and O–H groups in total. The van der Waals surface area contributed by atoms with Crippen LogP contribution in [0.15, 0.2) is 60.7 Å². The Balaban J connectivity index is 1.29. The second-order valence-corrected chi connectivity index (χ2v) is 9.81. The highest BCUT2D eigenvalue weighted by atomic mass is 15.3. The van der Waals surface area contributed by atoms with E-state index in [1.54, 1.807) is 0 Å². The Morgan fingerprint density at radius 3 is 2.57 bits per heavy atom. The average Bonchev–Trinajstić information content (AvgIpc) is 3.33. The van der Waals surface area contributed by atoms with E-state index in [1.807, 2.05) is 6.07 Å². The molecular formula is C29H32N8. The highest BCUT2D eigenvalue weighted by Crippen LogP contribution is 2.31. The first-order valence-electron chi connectivity index (χ1n) is 13.0. The number of H-pyrrole nitrogens is 1. The number of piperazine rings is 1. The number of hydrogen-bond acceptors (Lipinski definition) is 7. The van der Waals surface area contributed by atoms with Crippen molar-refractivity contribution in [3.63, 3.8) is 0 Å². The monoisotopic (exact) mass is 492 g/mol. The molecule has 2 aliphatic rings. The van der Waals surface area contributed by atoms with Gasteiger partial charge in [0.15, 0.2) is 17.5 Å². The summed E-state index contributed by atoms with van der Waals surface area (Å²) in [5, 5.41) is 24.0. The summed E-state index contributed by atoms with van der Waals surface area (Å²) >= 11 is 0. The van der Waals surface area contributed by atoms with Gasteiger partial charge in [-0.1, -0.05) is 60.7 Å². The second-order valence-electron chi connectivity index (χ2n) is 9.81. The lowest BCUT2D eigenvalue weighted by atomic mass is 9.96. The zero-order valence-corrected chi connectivity index (χ0v) is 21.1. The van der Waals surface area contributed by atoms with Crippen LogP contribution in [0.2, 0.25) is 0 Å². The number of allylic oxidation sites excluding steroid dienone is 1. The van der Waals surface area contributed by atoms with Crippen molar-refractivity contribution in [3.05, 3.63) is 94.6 Å². The molecule has 2 aromatic carbocycles. The quantitative estimate of drug-likeness (QED) is 0.359. The summed E-state index contributed by atoms with van der Waals surface area (Å²) in [5.41, 5.74) is 6.98. The molecule has 37 heavy (non-hydrogen) atoms. The summed E-state index contributed by atoms with van der Waals surface area (Å²) in [5.74, 6) is 2.30. The van der Waals surface area contributed by atoms with Crippen LogP contribution in [0.5, 0.6) is 0 Å². The highest BCUT2D eigenvalue weighted by molar-refractivity contribution is 5.82. The molecule has 188 valence electrons. The maximum Gasteiger partial charge on any atom is 0.192 e. The third-order valence-electron chi connectivity index (χ3n) is 7.16. The minimum Gasteiger partial charge on any atom is -0.361 e. The molecule has 0 amide bonds. The number of nitrogens with zero attached hydrogens (tertiary/aromatic N) is 5. The molecule has 8 heteroatoms. The van der Waals surface area contributed by atoms with Crippen molar-refractivity contribution < 1.29 is 0 Å². The van der Waals surface area contributed by atoms with Crippen molar-refractivity contribution >= 4 is 23.3 Å². The van der Waals surface area contributed by atoms with Crippen molar-refractivity contribution in [2.24, 2.45) is 0 Å². The lowest BCUT2D eigenvalue weighted by Crippen LogP contribution is -2.52. The van der Waals surface area contributed by atoms with Crippen molar-refractivity contribution in [3.8, 4) is 0 Å². The predicted molar refractivity (Wildman–Crippen MR) is 147 cm³/mol. The molecule has 1 atom stereocenters. The Hall–Kier alpha value is -4.04. The average molecular weight is 493 g/mol. The fraction of sp³-hybridized carbons (Fsp3) is 0.310. The Bertz CT molecular complexity index is 1380. The van der Waals surface area contributed by atoms with Crippen LogP contribution in [0, 0.1) is 6.92 Å². The van der Waals surface area contributed by atoms with E-state index in [2.05, 4.69) is 104 Å². The standard InChI is InChI=1S/C29H32N8/c1-20-25-17-23(12-13-26(25)34-33-20)27-32-29(28(36-35-27)31-18-22-10-6-3-7-11-22)37-15-14-30-24(19-37)16-21-8-4-2-5-9-21/h2-11,17,24,30H,12-16,18-19H2,1H3,(H,31,36)(H,33,34)/t24-/m0/s1. The van der Waals surface area contributed by atoms with Gasteiger partial charge in [0.05, 0.1) is 5.69 Å². The van der Waals surface area contributed by atoms with Crippen LogP contribution in [-0.4, -0.2) is 51.1 Å². The molecule has 1 saturated heterocycles. The summed E-state index contributed by atoms with van der Waals surface area (Å²) in [4.78, 5) is 7.48. The number of nitrogens with one attached hydrogen (secondary N) is 3. The van der Waals surface area contributed by atoms with E-state index >= 15 is 0 Å².